The molecule has 0 saturated heterocycles. The van der Waals surface area contributed by atoms with Gasteiger partial charge >= 0.3 is 0 Å². The van der Waals surface area contributed by atoms with Crippen LogP contribution in [0.3, 0.4) is 0 Å². The Kier molecular flexibility index (Phi) is 6.61. The van der Waals surface area contributed by atoms with E-state index in [2.05, 4.69) is 46.8 Å². The summed E-state index contributed by atoms with van der Waals surface area (Å²) in [6.07, 6.45) is 21.1. The van der Waals surface area contributed by atoms with Crippen molar-refractivity contribution in [2.45, 2.75) is 118 Å². The van der Waals surface area contributed by atoms with Crippen LogP contribution in [0.5, 0.6) is 0 Å². The van der Waals surface area contributed by atoms with Crippen molar-refractivity contribution in [2.75, 3.05) is 0 Å². The lowest BCUT2D eigenvalue weighted by Gasteiger charge is -2.57. The second-order valence-corrected chi connectivity index (χ2v) is 12.1. The zero-order valence-corrected chi connectivity index (χ0v) is 20.6. The van der Waals surface area contributed by atoms with Crippen molar-refractivity contribution in [3.63, 3.8) is 0 Å². The van der Waals surface area contributed by atoms with E-state index in [1.165, 1.54) is 69.8 Å². The molecule has 0 aromatic rings. The second-order valence-electron chi connectivity index (χ2n) is 12.1. The molecule has 1 heteroatoms. The largest absolute Gasteiger partial charge is 0.389 e. The fraction of sp³-hybridized carbons (Fsp3) is 0.862. The van der Waals surface area contributed by atoms with E-state index in [0.717, 1.165) is 42.4 Å². The third-order valence-corrected chi connectivity index (χ3v) is 10.8. The highest BCUT2D eigenvalue weighted by atomic mass is 16.3. The molecule has 0 heterocycles. The quantitative estimate of drug-likeness (QED) is 0.437. The maximum atomic E-state index is 10.0. The molecule has 3 fully saturated rings. The van der Waals surface area contributed by atoms with E-state index in [1.807, 2.05) is 5.57 Å². The average Bonchev–Trinajstić information content (AvgIpc) is 3.09. The smallest absolute Gasteiger partial charge is 0.0744 e. The van der Waals surface area contributed by atoms with E-state index in [0.29, 0.717) is 10.8 Å². The highest BCUT2D eigenvalue weighted by Crippen LogP contribution is 2.66. The van der Waals surface area contributed by atoms with Gasteiger partial charge < -0.3 is 5.11 Å². The van der Waals surface area contributed by atoms with Gasteiger partial charge in [0.2, 0.25) is 0 Å². The second kappa shape index (κ2) is 8.76. The monoisotopic (exact) mass is 412 g/mol. The maximum absolute atomic E-state index is 10.0. The molecule has 3 saturated carbocycles. The van der Waals surface area contributed by atoms with Crippen LogP contribution in [0.1, 0.15) is 112 Å². The fourth-order valence-corrected chi connectivity index (χ4v) is 8.75. The Hall–Kier alpha value is -0.560. The van der Waals surface area contributed by atoms with Crippen LogP contribution >= 0.6 is 0 Å². The summed E-state index contributed by atoms with van der Waals surface area (Å²) in [6.45, 7) is 12.0. The van der Waals surface area contributed by atoms with Crippen LogP contribution in [0.4, 0.5) is 0 Å². The zero-order chi connectivity index (χ0) is 21.5. The van der Waals surface area contributed by atoms with Gasteiger partial charge in [-0.3, -0.25) is 0 Å². The Morgan fingerprint density at radius 3 is 2.63 bits per heavy atom. The molecule has 1 N–H and O–H groups in total. The van der Waals surface area contributed by atoms with Gasteiger partial charge in [-0.2, -0.15) is 0 Å². The summed E-state index contributed by atoms with van der Waals surface area (Å²) in [4.78, 5) is 0. The SMILES string of the molecule is CCC(O)C(C)=CCCC(C)[C@H]1CC[C@H]2C3=CCC4CCCC[C@]4(C)[C@H]3CC[C@]12C. The first-order valence-electron chi connectivity index (χ1n) is 13.4. The van der Waals surface area contributed by atoms with Crippen LogP contribution in [0.25, 0.3) is 0 Å². The molecule has 0 spiro atoms. The highest BCUT2D eigenvalue weighted by Gasteiger charge is 2.57. The predicted molar refractivity (Wildman–Crippen MR) is 128 cm³/mol. The summed E-state index contributed by atoms with van der Waals surface area (Å²) in [6, 6.07) is 0. The topological polar surface area (TPSA) is 20.2 Å². The number of fused-ring (bicyclic) bond motifs is 5. The van der Waals surface area contributed by atoms with Crippen molar-refractivity contribution in [1.29, 1.82) is 0 Å². The summed E-state index contributed by atoms with van der Waals surface area (Å²) in [5.41, 5.74) is 4.22. The van der Waals surface area contributed by atoms with Crippen molar-refractivity contribution in [3.05, 3.63) is 23.3 Å². The van der Waals surface area contributed by atoms with Gasteiger partial charge in [0, 0.05) is 0 Å². The van der Waals surface area contributed by atoms with Gasteiger partial charge in [0.05, 0.1) is 6.10 Å². The molecule has 0 amide bonds. The van der Waals surface area contributed by atoms with Crippen LogP contribution in [-0.4, -0.2) is 11.2 Å². The third kappa shape index (κ3) is 3.76. The number of hydrogen-bond acceptors (Lipinski definition) is 1. The molecule has 30 heavy (non-hydrogen) atoms. The van der Waals surface area contributed by atoms with Gasteiger partial charge in [-0.05, 0) is 117 Å². The van der Waals surface area contributed by atoms with Gasteiger partial charge in [-0.15, -0.1) is 0 Å². The molecule has 1 nitrogen and oxygen atoms in total. The summed E-state index contributed by atoms with van der Waals surface area (Å²) in [5, 5.41) is 10.0. The van der Waals surface area contributed by atoms with Gasteiger partial charge in [0.15, 0.2) is 0 Å². The van der Waals surface area contributed by atoms with Crippen molar-refractivity contribution < 1.29 is 5.11 Å². The summed E-state index contributed by atoms with van der Waals surface area (Å²) >= 11 is 0. The summed E-state index contributed by atoms with van der Waals surface area (Å²) in [5.74, 6) is 4.40. The standard InChI is InChI=1S/C29H48O/c1-6-27(30)21(3)11-9-10-20(2)24-15-16-25-23-14-13-22-12-7-8-18-28(22,4)26(23)17-19-29(24,25)5/h11,14,20,22,24-27,30H,6-10,12-13,15-19H2,1-5H3/t20?,22?,24-,25+,26+,27?,28+,29-/m1/s1. The Morgan fingerprint density at radius 1 is 1.10 bits per heavy atom. The first-order chi connectivity index (χ1) is 14.3. The third-order valence-electron chi connectivity index (χ3n) is 10.8. The summed E-state index contributed by atoms with van der Waals surface area (Å²) < 4.78 is 0. The van der Waals surface area contributed by atoms with E-state index in [9.17, 15) is 5.11 Å². The number of rotatable bonds is 6. The molecule has 0 aromatic heterocycles. The Bertz CT molecular complexity index is 674. The molecule has 0 radical (unpaired) electrons. The van der Waals surface area contributed by atoms with Crippen molar-refractivity contribution in [1.82, 2.24) is 0 Å². The van der Waals surface area contributed by atoms with Crippen LogP contribution in [-0.2, 0) is 0 Å². The normalized spacial score (nSPS) is 43.3. The molecular weight excluding hydrogens is 364 g/mol. The van der Waals surface area contributed by atoms with Crippen LogP contribution in [0.15, 0.2) is 23.3 Å². The Balaban J connectivity index is 1.45. The minimum Gasteiger partial charge on any atom is -0.389 e. The Morgan fingerprint density at radius 2 is 1.87 bits per heavy atom. The van der Waals surface area contributed by atoms with Gasteiger partial charge in [0.1, 0.15) is 0 Å². The highest BCUT2D eigenvalue weighted by molar-refractivity contribution is 5.27. The summed E-state index contributed by atoms with van der Waals surface area (Å²) in [7, 11) is 0. The first-order valence-corrected chi connectivity index (χ1v) is 13.4. The van der Waals surface area contributed by atoms with E-state index in [1.54, 1.807) is 0 Å². The molecule has 4 aliphatic rings. The van der Waals surface area contributed by atoms with Gasteiger partial charge in [-0.25, -0.2) is 0 Å². The van der Waals surface area contributed by atoms with Crippen LogP contribution < -0.4 is 0 Å². The number of aliphatic hydroxyl groups excluding tert-OH is 1. The minimum absolute atomic E-state index is 0.243. The minimum atomic E-state index is -0.243. The van der Waals surface area contributed by atoms with Crippen molar-refractivity contribution in [2.24, 2.45) is 40.4 Å². The van der Waals surface area contributed by atoms with Gasteiger partial charge in [-0.1, -0.05) is 58.3 Å². The van der Waals surface area contributed by atoms with E-state index >= 15 is 0 Å². The average molecular weight is 413 g/mol. The molecular formula is C29H48O. The number of hydrogen-bond donors (Lipinski definition) is 1. The van der Waals surface area contributed by atoms with Crippen molar-refractivity contribution in [3.8, 4) is 0 Å². The molecule has 4 aliphatic carbocycles. The molecule has 170 valence electrons. The molecule has 4 rings (SSSR count). The number of aliphatic hydroxyl groups is 1. The zero-order valence-electron chi connectivity index (χ0n) is 20.6. The lowest BCUT2D eigenvalue weighted by molar-refractivity contribution is -0.00777. The molecule has 8 atom stereocenters. The van der Waals surface area contributed by atoms with Crippen molar-refractivity contribution >= 4 is 0 Å². The first kappa shape index (κ1) is 22.6. The van der Waals surface area contributed by atoms with E-state index in [4.69, 9.17) is 0 Å². The predicted octanol–water partition coefficient (Wildman–Crippen LogP) is 8.09. The fourth-order valence-electron chi connectivity index (χ4n) is 8.75. The van der Waals surface area contributed by atoms with Gasteiger partial charge in [0.25, 0.3) is 0 Å². The van der Waals surface area contributed by atoms with E-state index < -0.39 is 0 Å². The Labute approximate surface area is 186 Å². The van der Waals surface area contributed by atoms with E-state index in [-0.39, 0.29) is 6.10 Å². The molecule has 0 aromatic carbocycles. The maximum Gasteiger partial charge on any atom is 0.0744 e. The van der Waals surface area contributed by atoms with Crippen LogP contribution in [0, 0.1) is 40.4 Å². The lowest BCUT2D eigenvalue weighted by Crippen LogP contribution is -2.48. The lowest BCUT2D eigenvalue weighted by atomic mass is 9.48. The van der Waals surface area contributed by atoms with Crippen LogP contribution in [0.2, 0.25) is 0 Å². The number of allylic oxidation sites excluding steroid dienone is 3. The molecule has 0 aliphatic heterocycles. The molecule has 0 bridgehead atoms. The molecule has 3 unspecified atom stereocenters.